The topological polar surface area (TPSA) is 41.1 Å². The molecule has 0 saturated carbocycles. The van der Waals surface area contributed by atoms with Crippen LogP contribution in [0.3, 0.4) is 0 Å². The SMILES string of the molecule is O=C(NCc1ccsc1)NC(Cc1ccccc1)c1ccccc1. The number of hydrogen-bond acceptors (Lipinski definition) is 2. The molecular weight excluding hydrogens is 316 g/mol. The molecule has 0 fully saturated rings. The van der Waals surface area contributed by atoms with Gasteiger partial charge in [0.15, 0.2) is 0 Å². The number of benzene rings is 2. The van der Waals surface area contributed by atoms with Crippen LogP contribution < -0.4 is 10.6 Å². The highest BCUT2D eigenvalue weighted by Gasteiger charge is 2.15. The van der Waals surface area contributed by atoms with Crippen molar-refractivity contribution >= 4 is 17.4 Å². The van der Waals surface area contributed by atoms with Crippen LogP contribution >= 0.6 is 11.3 Å². The van der Waals surface area contributed by atoms with Crippen LogP contribution in [0, 0.1) is 0 Å². The maximum absolute atomic E-state index is 12.3. The van der Waals surface area contributed by atoms with E-state index in [1.807, 2.05) is 65.4 Å². The van der Waals surface area contributed by atoms with Crippen molar-refractivity contribution in [2.24, 2.45) is 0 Å². The molecule has 0 bridgehead atoms. The lowest BCUT2D eigenvalue weighted by molar-refractivity contribution is 0.236. The normalized spacial score (nSPS) is 11.7. The van der Waals surface area contributed by atoms with Crippen LogP contribution in [0.2, 0.25) is 0 Å². The van der Waals surface area contributed by atoms with Crippen LogP contribution in [0.25, 0.3) is 0 Å². The molecule has 2 aromatic carbocycles. The summed E-state index contributed by atoms with van der Waals surface area (Å²) in [6.07, 6.45) is 0.761. The Labute approximate surface area is 146 Å². The van der Waals surface area contributed by atoms with E-state index < -0.39 is 0 Å². The van der Waals surface area contributed by atoms with Crippen LogP contribution in [0.1, 0.15) is 22.7 Å². The second-order valence-electron chi connectivity index (χ2n) is 5.61. The minimum absolute atomic E-state index is 0.0592. The van der Waals surface area contributed by atoms with Gasteiger partial charge in [0.05, 0.1) is 6.04 Å². The number of rotatable bonds is 6. The van der Waals surface area contributed by atoms with E-state index in [0.717, 1.165) is 17.5 Å². The van der Waals surface area contributed by atoms with Gasteiger partial charge in [-0.25, -0.2) is 4.79 Å². The average molecular weight is 336 g/mol. The number of hydrogen-bond donors (Lipinski definition) is 2. The van der Waals surface area contributed by atoms with Gasteiger partial charge in [0, 0.05) is 6.54 Å². The third-order valence-electron chi connectivity index (χ3n) is 3.82. The van der Waals surface area contributed by atoms with Gasteiger partial charge < -0.3 is 10.6 Å². The number of urea groups is 1. The van der Waals surface area contributed by atoms with Crippen LogP contribution in [-0.2, 0) is 13.0 Å². The van der Waals surface area contributed by atoms with Crippen molar-refractivity contribution in [3.63, 3.8) is 0 Å². The summed E-state index contributed by atoms with van der Waals surface area (Å²) in [7, 11) is 0. The summed E-state index contributed by atoms with van der Waals surface area (Å²) in [6.45, 7) is 0.544. The van der Waals surface area contributed by atoms with Crippen molar-refractivity contribution in [1.82, 2.24) is 10.6 Å². The second-order valence-corrected chi connectivity index (χ2v) is 6.39. The lowest BCUT2D eigenvalue weighted by Gasteiger charge is -2.20. The summed E-state index contributed by atoms with van der Waals surface area (Å²) >= 11 is 1.63. The summed E-state index contributed by atoms with van der Waals surface area (Å²) in [4.78, 5) is 12.3. The van der Waals surface area contributed by atoms with E-state index in [9.17, 15) is 4.79 Å². The zero-order chi connectivity index (χ0) is 16.6. The minimum atomic E-state index is -0.147. The van der Waals surface area contributed by atoms with E-state index in [-0.39, 0.29) is 12.1 Å². The Kier molecular flexibility index (Phi) is 5.64. The predicted octanol–water partition coefficient (Wildman–Crippen LogP) is 4.53. The van der Waals surface area contributed by atoms with Gasteiger partial charge in [-0.3, -0.25) is 0 Å². The van der Waals surface area contributed by atoms with Crippen LogP contribution in [0.4, 0.5) is 4.79 Å². The molecule has 3 nitrogen and oxygen atoms in total. The van der Waals surface area contributed by atoms with Crippen molar-refractivity contribution in [2.45, 2.75) is 19.0 Å². The van der Waals surface area contributed by atoms with E-state index >= 15 is 0 Å². The van der Waals surface area contributed by atoms with Gasteiger partial charge in [0.2, 0.25) is 0 Å². The molecule has 1 atom stereocenters. The van der Waals surface area contributed by atoms with Crippen molar-refractivity contribution < 1.29 is 4.79 Å². The number of carbonyl (C=O) groups is 1. The molecule has 24 heavy (non-hydrogen) atoms. The van der Waals surface area contributed by atoms with E-state index in [4.69, 9.17) is 0 Å². The summed E-state index contributed by atoms with van der Waals surface area (Å²) in [5, 5.41) is 10.1. The Bertz CT molecular complexity index is 742. The average Bonchev–Trinajstić information content (AvgIpc) is 3.15. The molecule has 0 radical (unpaired) electrons. The number of amides is 2. The van der Waals surface area contributed by atoms with Crippen LogP contribution in [0.5, 0.6) is 0 Å². The Morgan fingerprint density at radius 2 is 1.62 bits per heavy atom. The van der Waals surface area contributed by atoms with Gasteiger partial charge in [0.25, 0.3) is 0 Å². The lowest BCUT2D eigenvalue weighted by Crippen LogP contribution is -2.38. The summed E-state index contributed by atoms with van der Waals surface area (Å²) in [5.74, 6) is 0. The first-order chi connectivity index (χ1) is 11.8. The standard InChI is InChI=1S/C20H20N2OS/c23-20(21-14-17-11-12-24-15-17)22-19(18-9-5-2-6-10-18)13-16-7-3-1-4-8-16/h1-12,15,19H,13-14H2,(H2,21,22,23). The van der Waals surface area contributed by atoms with Crippen molar-refractivity contribution in [2.75, 3.05) is 0 Å². The Hall–Kier alpha value is -2.59. The molecule has 0 saturated heterocycles. The molecule has 0 aliphatic heterocycles. The third-order valence-corrected chi connectivity index (χ3v) is 4.56. The highest BCUT2D eigenvalue weighted by Crippen LogP contribution is 2.18. The van der Waals surface area contributed by atoms with Gasteiger partial charge in [0.1, 0.15) is 0 Å². The number of carbonyl (C=O) groups excluding carboxylic acids is 1. The molecule has 1 heterocycles. The molecule has 122 valence electrons. The van der Waals surface area contributed by atoms with Crippen molar-refractivity contribution in [1.29, 1.82) is 0 Å². The molecule has 1 unspecified atom stereocenters. The van der Waals surface area contributed by atoms with Gasteiger partial charge in [-0.05, 0) is 39.9 Å². The monoisotopic (exact) mass is 336 g/mol. The highest BCUT2D eigenvalue weighted by atomic mass is 32.1. The third kappa shape index (κ3) is 4.70. The van der Waals surface area contributed by atoms with Gasteiger partial charge in [-0.15, -0.1) is 0 Å². The second kappa shape index (κ2) is 8.31. The van der Waals surface area contributed by atoms with Gasteiger partial charge >= 0.3 is 6.03 Å². The number of nitrogens with one attached hydrogen (secondary N) is 2. The largest absolute Gasteiger partial charge is 0.334 e. The van der Waals surface area contributed by atoms with Crippen LogP contribution in [-0.4, -0.2) is 6.03 Å². The zero-order valence-electron chi connectivity index (χ0n) is 13.3. The van der Waals surface area contributed by atoms with E-state index in [1.54, 1.807) is 11.3 Å². The molecule has 1 aromatic heterocycles. The molecule has 0 aliphatic carbocycles. The molecule has 3 rings (SSSR count). The maximum atomic E-state index is 12.3. The molecule has 3 aromatic rings. The molecular formula is C20H20N2OS. The zero-order valence-corrected chi connectivity index (χ0v) is 14.1. The quantitative estimate of drug-likeness (QED) is 0.682. The van der Waals surface area contributed by atoms with Crippen LogP contribution in [0.15, 0.2) is 77.5 Å². The molecule has 0 aliphatic rings. The van der Waals surface area contributed by atoms with E-state index in [0.29, 0.717) is 6.54 Å². The predicted molar refractivity (Wildman–Crippen MR) is 99.0 cm³/mol. The molecule has 2 N–H and O–H groups in total. The van der Waals surface area contributed by atoms with E-state index in [2.05, 4.69) is 22.8 Å². The Morgan fingerprint density at radius 1 is 0.917 bits per heavy atom. The fourth-order valence-electron chi connectivity index (χ4n) is 2.57. The first-order valence-electron chi connectivity index (χ1n) is 7.95. The lowest BCUT2D eigenvalue weighted by atomic mass is 9.99. The summed E-state index contributed by atoms with van der Waals surface area (Å²) < 4.78 is 0. The summed E-state index contributed by atoms with van der Waals surface area (Å²) in [6, 6.07) is 22.1. The van der Waals surface area contributed by atoms with Crippen molar-refractivity contribution in [3.05, 3.63) is 94.2 Å². The minimum Gasteiger partial charge on any atom is -0.334 e. The van der Waals surface area contributed by atoms with Crippen molar-refractivity contribution in [3.8, 4) is 0 Å². The maximum Gasteiger partial charge on any atom is 0.315 e. The fraction of sp³-hybridized carbons (Fsp3) is 0.150. The summed E-state index contributed by atoms with van der Waals surface area (Å²) in [5.41, 5.74) is 3.42. The van der Waals surface area contributed by atoms with E-state index in [1.165, 1.54) is 5.56 Å². The smallest absolute Gasteiger partial charge is 0.315 e. The molecule has 0 spiro atoms. The Balaban J connectivity index is 1.66. The fourth-order valence-corrected chi connectivity index (χ4v) is 3.24. The molecule has 2 amide bonds. The first kappa shape index (κ1) is 16.3. The van der Waals surface area contributed by atoms with Gasteiger partial charge in [-0.2, -0.15) is 11.3 Å². The Morgan fingerprint density at radius 3 is 2.29 bits per heavy atom. The number of thiophene rings is 1. The highest BCUT2D eigenvalue weighted by molar-refractivity contribution is 7.07. The first-order valence-corrected chi connectivity index (χ1v) is 8.90. The van der Waals surface area contributed by atoms with Gasteiger partial charge in [-0.1, -0.05) is 60.7 Å². The molecule has 4 heteroatoms.